The highest BCUT2D eigenvalue weighted by atomic mass is 16.4. The van der Waals surface area contributed by atoms with Crippen LogP contribution >= 0.6 is 0 Å². The first-order chi connectivity index (χ1) is 7.04. The van der Waals surface area contributed by atoms with Crippen molar-refractivity contribution in [2.75, 3.05) is 26.7 Å². The number of nitrogens with zero attached hydrogens (tertiary/aromatic N) is 2. The quantitative estimate of drug-likeness (QED) is 0.754. The van der Waals surface area contributed by atoms with E-state index in [0.29, 0.717) is 6.04 Å². The Morgan fingerprint density at radius 1 is 1.53 bits per heavy atom. The molecule has 0 aromatic heterocycles. The van der Waals surface area contributed by atoms with Crippen LogP contribution in [0.2, 0.25) is 0 Å². The molecule has 1 heterocycles. The highest BCUT2D eigenvalue weighted by molar-refractivity contribution is 5.67. The maximum absolute atomic E-state index is 10.7. The largest absolute Gasteiger partial charge is 0.481 e. The molecule has 2 unspecified atom stereocenters. The molecule has 0 aromatic carbocycles. The lowest BCUT2D eigenvalue weighted by atomic mass is 10.1. The van der Waals surface area contributed by atoms with Gasteiger partial charge in [0, 0.05) is 31.7 Å². The van der Waals surface area contributed by atoms with Crippen molar-refractivity contribution in [3.05, 3.63) is 0 Å². The van der Waals surface area contributed by atoms with E-state index in [2.05, 4.69) is 23.6 Å². The molecular weight excluding hydrogens is 192 g/mol. The smallest absolute Gasteiger partial charge is 0.304 e. The zero-order valence-electron chi connectivity index (χ0n) is 9.94. The summed E-state index contributed by atoms with van der Waals surface area (Å²) in [6, 6.07) is 0.736. The molecular formula is C11H22N2O2. The fourth-order valence-corrected chi connectivity index (χ4v) is 2.05. The Morgan fingerprint density at radius 2 is 2.20 bits per heavy atom. The number of likely N-dealkylation sites (N-methyl/N-ethyl adjacent to an activating group) is 1. The molecule has 1 rings (SSSR count). The Balaban J connectivity index is 2.51. The van der Waals surface area contributed by atoms with Gasteiger partial charge in [-0.15, -0.1) is 0 Å². The van der Waals surface area contributed by atoms with Gasteiger partial charge in [-0.05, 0) is 20.4 Å². The van der Waals surface area contributed by atoms with Crippen molar-refractivity contribution in [1.29, 1.82) is 0 Å². The number of carboxylic acids is 1. The third kappa shape index (κ3) is 3.47. The van der Waals surface area contributed by atoms with Crippen LogP contribution in [0, 0.1) is 0 Å². The van der Waals surface area contributed by atoms with Gasteiger partial charge in [-0.3, -0.25) is 9.69 Å². The van der Waals surface area contributed by atoms with Crippen LogP contribution in [0.5, 0.6) is 0 Å². The molecule has 1 aliphatic heterocycles. The number of hydrogen-bond donors (Lipinski definition) is 1. The molecule has 4 nitrogen and oxygen atoms in total. The predicted molar refractivity (Wildman–Crippen MR) is 60.0 cm³/mol. The summed E-state index contributed by atoms with van der Waals surface area (Å²) in [4.78, 5) is 15.3. The molecule has 0 amide bonds. The van der Waals surface area contributed by atoms with Gasteiger partial charge >= 0.3 is 5.97 Å². The van der Waals surface area contributed by atoms with Gasteiger partial charge in [0.2, 0.25) is 0 Å². The van der Waals surface area contributed by atoms with Crippen molar-refractivity contribution in [3.63, 3.8) is 0 Å². The van der Waals surface area contributed by atoms with Crippen LogP contribution in [0.15, 0.2) is 0 Å². The standard InChI is InChI=1S/C11H22N2O2/c1-4-9(2)13-6-5-12(3)10(8-13)7-11(14)15/h9-10H,4-8H2,1-3H3,(H,14,15). The lowest BCUT2D eigenvalue weighted by Crippen LogP contribution is -2.54. The van der Waals surface area contributed by atoms with E-state index in [9.17, 15) is 4.79 Å². The van der Waals surface area contributed by atoms with Crippen LogP contribution in [0.3, 0.4) is 0 Å². The Kier molecular flexibility index (Phi) is 4.54. The summed E-state index contributed by atoms with van der Waals surface area (Å²) in [5, 5.41) is 8.82. The molecule has 1 saturated heterocycles. The van der Waals surface area contributed by atoms with E-state index < -0.39 is 5.97 Å². The van der Waals surface area contributed by atoms with Crippen LogP contribution in [0.1, 0.15) is 26.7 Å². The maximum atomic E-state index is 10.7. The Labute approximate surface area is 91.9 Å². The molecule has 15 heavy (non-hydrogen) atoms. The van der Waals surface area contributed by atoms with Crippen LogP contribution in [-0.4, -0.2) is 59.6 Å². The molecule has 0 bridgehead atoms. The number of carbonyl (C=O) groups is 1. The summed E-state index contributed by atoms with van der Waals surface area (Å²) < 4.78 is 0. The zero-order chi connectivity index (χ0) is 11.4. The number of carboxylic acid groups (broad SMARTS) is 1. The number of piperazine rings is 1. The summed E-state index contributed by atoms with van der Waals surface area (Å²) in [5.41, 5.74) is 0. The highest BCUT2D eigenvalue weighted by Crippen LogP contribution is 2.14. The molecule has 0 aromatic rings. The highest BCUT2D eigenvalue weighted by Gasteiger charge is 2.27. The molecule has 1 aliphatic rings. The maximum Gasteiger partial charge on any atom is 0.304 e. The fourth-order valence-electron chi connectivity index (χ4n) is 2.05. The van der Waals surface area contributed by atoms with Crippen LogP contribution in [0.4, 0.5) is 0 Å². The topological polar surface area (TPSA) is 43.8 Å². The van der Waals surface area contributed by atoms with Gasteiger partial charge in [0.1, 0.15) is 0 Å². The van der Waals surface area contributed by atoms with Crippen molar-refractivity contribution in [2.45, 2.75) is 38.8 Å². The second-order valence-electron chi connectivity index (χ2n) is 4.48. The Hall–Kier alpha value is -0.610. The minimum absolute atomic E-state index is 0.172. The van der Waals surface area contributed by atoms with Crippen molar-refractivity contribution < 1.29 is 9.90 Å². The van der Waals surface area contributed by atoms with E-state index in [1.54, 1.807) is 0 Å². The van der Waals surface area contributed by atoms with Crippen LogP contribution in [0.25, 0.3) is 0 Å². The Bertz CT molecular complexity index is 221. The summed E-state index contributed by atoms with van der Waals surface area (Å²) in [6.45, 7) is 7.31. The molecule has 4 heteroatoms. The molecule has 2 atom stereocenters. The van der Waals surface area contributed by atoms with Crippen molar-refractivity contribution in [2.24, 2.45) is 0 Å². The molecule has 0 radical (unpaired) electrons. The van der Waals surface area contributed by atoms with Gasteiger partial charge in [0.25, 0.3) is 0 Å². The number of aliphatic carboxylic acids is 1. The second kappa shape index (κ2) is 5.47. The van der Waals surface area contributed by atoms with Crippen LogP contribution < -0.4 is 0 Å². The minimum Gasteiger partial charge on any atom is -0.481 e. The van der Waals surface area contributed by atoms with E-state index in [4.69, 9.17) is 5.11 Å². The van der Waals surface area contributed by atoms with Gasteiger partial charge < -0.3 is 10.0 Å². The SMILES string of the molecule is CCC(C)N1CCN(C)C(CC(=O)O)C1. The first-order valence-corrected chi connectivity index (χ1v) is 5.70. The fraction of sp³-hybridized carbons (Fsp3) is 0.909. The summed E-state index contributed by atoms with van der Waals surface area (Å²) in [5.74, 6) is -0.696. The summed E-state index contributed by atoms with van der Waals surface area (Å²) in [6.07, 6.45) is 1.38. The van der Waals surface area contributed by atoms with E-state index in [0.717, 1.165) is 26.1 Å². The molecule has 0 spiro atoms. The van der Waals surface area contributed by atoms with E-state index in [1.807, 2.05) is 7.05 Å². The summed E-state index contributed by atoms with van der Waals surface area (Å²) >= 11 is 0. The molecule has 1 N–H and O–H groups in total. The lowest BCUT2D eigenvalue weighted by Gasteiger charge is -2.41. The number of hydrogen-bond acceptors (Lipinski definition) is 3. The lowest BCUT2D eigenvalue weighted by molar-refractivity contribution is -0.139. The van der Waals surface area contributed by atoms with E-state index in [-0.39, 0.29) is 12.5 Å². The molecule has 88 valence electrons. The van der Waals surface area contributed by atoms with Crippen molar-refractivity contribution >= 4 is 5.97 Å². The van der Waals surface area contributed by atoms with Crippen molar-refractivity contribution in [3.8, 4) is 0 Å². The normalized spacial score (nSPS) is 26.5. The number of rotatable bonds is 4. The third-order valence-corrected chi connectivity index (χ3v) is 3.43. The molecule has 1 fully saturated rings. The van der Waals surface area contributed by atoms with Gasteiger partial charge in [0.15, 0.2) is 0 Å². The zero-order valence-corrected chi connectivity index (χ0v) is 9.94. The van der Waals surface area contributed by atoms with Crippen molar-refractivity contribution in [1.82, 2.24) is 9.80 Å². The van der Waals surface area contributed by atoms with Gasteiger partial charge in [-0.1, -0.05) is 6.92 Å². The molecule has 0 saturated carbocycles. The van der Waals surface area contributed by atoms with Gasteiger partial charge in [-0.25, -0.2) is 0 Å². The second-order valence-corrected chi connectivity index (χ2v) is 4.48. The average Bonchev–Trinajstić information content (AvgIpc) is 2.19. The predicted octanol–water partition coefficient (Wildman–Crippen LogP) is 0.876. The first kappa shape index (κ1) is 12.5. The van der Waals surface area contributed by atoms with Gasteiger partial charge in [-0.2, -0.15) is 0 Å². The van der Waals surface area contributed by atoms with E-state index >= 15 is 0 Å². The first-order valence-electron chi connectivity index (χ1n) is 5.70. The van der Waals surface area contributed by atoms with Crippen LogP contribution in [-0.2, 0) is 4.79 Å². The Morgan fingerprint density at radius 3 is 2.73 bits per heavy atom. The summed E-state index contributed by atoms with van der Waals surface area (Å²) in [7, 11) is 2.02. The monoisotopic (exact) mass is 214 g/mol. The van der Waals surface area contributed by atoms with Gasteiger partial charge in [0.05, 0.1) is 6.42 Å². The average molecular weight is 214 g/mol. The minimum atomic E-state index is -0.696. The molecule has 0 aliphatic carbocycles. The van der Waals surface area contributed by atoms with E-state index in [1.165, 1.54) is 0 Å². The third-order valence-electron chi connectivity index (χ3n) is 3.43.